The lowest BCUT2D eigenvalue weighted by molar-refractivity contribution is -0.135. The van der Waals surface area contributed by atoms with Gasteiger partial charge in [0.2, 0.25) is 11.8 Å². The van der Waals surface area contributed by atoms with Crippen molar-refractivity contribution in [2.24, 2.45) is 0 Å². The van der Waals surface area contributed by atoms with Crippen LogP contribution in [0.5, 0.6) is 11.5 Å². The van der Waals surface area contributed by atoms with Gasteiger partial charge in [-0.25, -0.2) is 4.39 Å². The minimum Gasteiger partial charge on any atom is -0.493 e. The Morgan fingerprint density at radius 1 is 1.00 bits per heavy atom. The van der Waals surface area contributed by atoms with Crippen molar-refractivity contribution in [1.82, 2.24) is 30.6 Å². The Morgan fingerprint density at radius 3 is 2.53 bits per heavy atom. The topological polar surface area (TPSA) is 129 Å². The summed E-state index contributed by atoms with van der Waals surface area (Å²) in [4.78, 5) is 42.1. The van der Waals surface area contributed by atoms with Crippen LogP contribution in [0.15, 0.2) is 48.7 Å². The first-order valence-electron chi connectivity index (χ1n) is 15.3. The normalized spacial score (nSPS) is 18.6. The predicted octanol–water partition coefficient (Wildman–Crippen LogP) is 3.30. The van der Waals surface area contributed by atoms with Gasteiger partial charge >= 0.3 is 0 Å². The SMILES string of the molecule is COc1ccc2cc1OCC(=O)N[C@@H](C)C(=O)N(C)CCCCN(Cc1cn[nH]c1-c1ccc(F)cc1)CCCNC(=O)CC2. The van der Waals surface area contributed by atoms with Crippen LogP contribution in [0.1, 0.15) is 43.7 Å². The largest absolute Gasteiger partial charge is 0.493 e. The lowest BCUT2D eigenvalue weighted by Crippen LogP contribution is -2.47. The second-order valence-electron chi connectivity index (χ2n) is 11.3. The van der Waals surface area contributed by atoms with E-state index in [1.807, 2.05) is 6.07 Å². The molecule has 3 aromatic rings. The van der Waals surface area contributed by atoms with E-state index >= 15 is 0 Å². The number of nitrogens with one attached hydrogen (secondary N) is 3. The molecule has 0 saturated heterocycles. The number of H-pyrrole nitrogens is 1. The molecular formula is C33H43FN6O5. The fourth-order valence-electron chi connectivity index (χ4n) is 5.29. The van der Waals surface area contributed by atoms with E-state index in [1.165, 1.54) is 19.2 Å². The third kappa shape index (κ3) is 10.0. The summed E-state index contributed by atoms with van der Waals surface area (Å²) in [6.07, 6.45) is 4.95. The molecule has 1 aromatic heterocycles. The van der Waals surface area contributed by atoms with Gasteiger partial charge in [-0.15, -0.1) is 0 Å². The molecule has 2 bridgehead atoms. The maximum Gasteiger partial charge on any atom is 0.258 e. The standard InChI is InChI=1S/C33H43FN6O5/c1-23-33(43)39(2)16-4-5-17-40(21-26-20-36-38-32(26)25-9-11-27(34)12-10-25)18-6-15-35-30(41)14-8-24-7-13-28(44-3)29(19-24)45-22-31(42)37-23/h7,9-13,19-20,23H,4-6,8,14-18,21-22H2,1-3H3,(H,35,41)(H,36,38)(H,37,42)/t23-/m0/s1. The molecule has 3 N–H and O–H groups in total. The van der Waals surface area contributed by atoms with Crippen molar-refractivity contribution in [1.29, 1.82) is 0 Å². The first kappa shape index (κ1) is 33.4. The third-order valence-electron chi connectivity index (χ3n) is 7.79. The number of hydrogen-bond acceptors (Lipinski definition) is 7. The van der Waals surface area contributed by atoms with Crippen LogP contribution in [0.2, 0.25) is 0 Å². The van der Waals surface area contributed by atoms with Crippen molar-refractivity contribution >= 4 is 17.7 Å². The van der Waals surface area contributed by atoms with E-state index in [1.54, 1.807) is 49.3 Å². The smallest absolute Gasteiger partial charge is 0.258 e. The molecule has 4 rings (SSSR count). The molecule has 242 valence electrons. The molecule has 0 radical (unpaired) electrons. The van der Waals surface area contributed by atoms with Crippen LogP contribution in [0, 0.1) is 5.82 Å². The Balaban J connectivity index is 1.44. The molecule has 3 amide bonds. The molecule has 45 heavy (non-hydrogen) atoms. The first-order chi connectivity index (χ1) is 21.7. The van der Waals surface area contributed by atoms with Gasteiger partial charge in [0.05, 0.1) is 19.0 Å². The van der Waals surface area contributed by atoms with Crippen LogP contribution in [0.25, 0.3) is 11.3 Å². The number of benzene rings is 2. The van der Waals surface area contributed by atoms with Gasteiger partial charge in [-0.05, 0) is 81.1 Å². The Kier molecular flexibility index (Phi) is 12.3. The molecule has 0 spiro atoms. The number of nitrogens with zero attached hydrogens (tertiary/aromatic N) is 3. The average Bonchev–Trinajstić information content (AvgIpc) is 3.50. The Bertz CT molecular complexity index is 1430. The molecule has 0 unspecified atom stereocenters. The number of aryl methyl sites for hydroxylation is 1. The number of aromatic amines is 1. The number of fused-ring (bicyclic) bond motifs is 2. The molecule has 1 aliphatic heterocycles. The second-order valence-corrected chi connectivity index (χ2v) is 11.3. The minimum absolute atomic E-state index is 0.0449. The van der Waals surface area contributed by atoms with Gasteiger partial charge in [0.25, 0.3) is 5.91 Å². The van der Waals surface area contributed by atoms with Crippen LogP contribution < -0.4 is 20.1 Å². The summed E-state index contributed by atoms with van der Waals surface area (Å²) in [6, 6.07) is 11.0. The Hall–Kier alpha value is -4.45. The number of carbonyl (C=O) groups excluding carboxylic acids is 3. The zero-order chi connectivity index (χ0) is 32.2. The second kappa shape index (κ2) is 16.6. The molecule has 2 heterocycles. The number of rotatable bonds is 4. The summed E-state index contributed by atoms with van der Waals surface area (Å²) in [5, 5.41) is 13.0. The lowest BCUT2D eigenvalue weighted by Gasteiger charge is -2.25. The van der Waals surface area contributed by atoms with Crippen LogP contribution in [0.4, 0.5) is 4.39 Å². The van der Waals surface area contributed by atoms with Gasteiger partial charge in [-0.3, -0.25) is 24.4 Å². The number of amides is 3. The number of ether oxygens (including phenoxy) is 2. The molecule has 2 aromatic carbocycles. The van der Waals surface area contributed by atoms with Crippen LogP contribution in [0.3, 0.4) is 0 Å². The molecule has 11 nitrogen and oxygen atoms in total. The molecule has 1 atom stereocenters. The fraction of sp³-hybridized carbons (Fsp3) is 0.455. The van der Waals surface area contributed by atoms with Gasteiger partial charge in [0.1, 0.15) is 11.9 Å². The monoisotopic (exact) mass is 622 g/mol. The molecule has 0 fully saturated rings. The molecule has 0 aliphatic carbocycles. The predicted molar refractivity (Wildman–Crippen MR) is 168 cm³/mol. The zero-order valence-electron chi connectivity index (χ0n) is 26.2. The van der Waals surface area contributed by atoms with Crippen LogP contribution in [-0.4, -0.2) is 90.7 Å². The summed E-state index contributed by atoms with van der Waals surface area (Å²) < 4.78 is 24.6. The molecule has 1 aliphatic rings. The maximum absolute atomic E-state index is 13.5. The molecule has 0 saturated carbocycles. The summed E-state index contributed by atoms with van der Waals surface area (Å²) in [5.41, 5.74) is 3.56. The highest BCUT2D eigenvalue weighted by Gasteiger charge is 2.20. The van der Waals surface area contributed by atoms with E-state index in [2.05, 4.69) is 25.7 Å². The summed E-state index contributed by atoms with van der Waals surface area (Å²) in [5.74, 6) is -0.0810. The number of aromatic nitrogens is 2. The molecule has 12 heteroatoms. The minimum atomic E-state index is -0.710. The summed E-state index contributed by atoms with van der Waals surface area (Å²) >= 11 is 0. The quantitative estimate of drug-likeness (QED) is 0.407. The van der Waals surface area contributed by atoms with Crippen molar-refractivity contribution < 1.29 is 28.2 Å². The number of halogens is 1. The van der Waals surface area contributed by atoms with Gasteiger partial charge in [0.15, 0.2) is 18.1 Å². The first-order valence-corrected chi connectivity index (χ1v) is 15.3. The number of hydrogen-bond donors (Lipinski definition) is 3. The lowest BCUT2D eigenvalue weighted by atomic mass is 10.1. The van der Waals surface area contributed by atoms with E-state index in [9.17, 15) is 18.8 Å². The highest BCUT2D eigenvalue weighted by molar-refractivity contribution is 5.87. The van der Waals surface area contributed by atoms with Crippen LogP contribution >= 0.6 is 0 Å². The van der Waals surface area contributed by atoms with E-state index < -0.39 is 11.9 Å². The third-order valence-corrected chi connectivity index (χ3v) is 7.79. The molecular weight excluding hydrogens is 579 g/mol. The fourth-order valence-corrected chi connectivity index (χ4v) is 5.29. The number of carbonyl (C=O) groups is 3. The van der Waals surface area contributed by atoms with Gasteiger partial charge in [-0.1, -0.05) is 6.07 Å². The van der Waals surface area contributed by atoms with Gasteiger partial charge in [0, 0.05) is 50.8 Å². The van der Waals surface area contributed by atoms with Crippen LogP contribution in [-0.2, 0) is 27.3 Å². The van der Waals surface area contributed by atoms with Gasteiger partial charge < -0.3 is 25.0 Å². The maximum atomic E-state index is 13.5. The van der Waals surface area contributed by atoms with Crippen molar-refractivity contribution in [3.63, 3.8) is 0 Å². The van der Waals surface area contributed by atoms with E-state index in [0.29, 0.717) is 44.0 Å². The van der Waals surface area contributed by atoms with E-state index in [4.69, 9.17) is 9.47 Å². The summed E-state index contributed by atoms with van der Waals surface area (Å²) in [7, 11) is 3.25. The summed E-state index contributed by atoms with van der Waals surface area (Å²) in [6.45, 7) is 4.59. The van der Waals surface area contributed by atoms with E-state index in [0.717, 1.165) is 54.7 Å². The Labute approximate surface area is 263 Å². The van der Waals surface area contributed by atoms with Crippen molar-refractivity contribution in [3.8, 4) is 22.8 Å². The highest BCUT2D eigenvalue weighted by Crippen LogP contribution is 2.28. The van der Waals surface area contributed by atoms with E-state index in [-0.39, 0.29) is 24.2 Å². The Morgan fingerprint density at radius 2 is 1.76 bits per heavy atom. The zero-order valence-corrected chi connectivity index (χ0v) is 26.2. The number of likely N-dealkylation sites (N-methyl/N-ethyl adjacent to an activating group) is 1. The van der Waals surface area contributed by atoms with Gasteiger partial charge in [-0.2, -0.15) is 5.10 Å². The van der Waals surface area contributed by atoms with Crippen molar-refractivity contribution in [2.45, 2.75) is 51.6 Å². The highest BCUT2D eigenvalue weighted by atomic mass is 19.1. The van der Waals surface area contributed by atoms with Crippen molar-refractivity contribution in [2.75, 3.05) is 46.9 Å². The average molecular weight is 623 g/mol. The number of methoxy groups -OCH3 is 1. The van der Waals surface area contributed by atoms with Crippen molar-refractivity contribution in [3.05, 3.63) is 65.6 Å².